The lowest BCUT2D eigenvalue weighted by Crippen LogP contribution is -2.40. The van der Waals surface area contributed by atoms with Gasteiger partial charge in [-0.15, -0.1) is 0 Å². The van der Waals surface area contributed by atoms with Gasteiger partial charge in [0, 0.05) is 4.47 Å². The maximum Gasteiger partial charge on any atom is 0.238 e. The highest BCUT2D eigenvalue weighted by Gasteiger charge is 2.67. The largest absolute Gasteiger partial charge is 0.274 e. The lowest BCUT2D eigenvalue weighted by atomic mass is 9.63. The van der Waals surface area contributed by atoms with Crippen molar-refractivity contribution >= 4 is 33.4 Å². The second-order valence-corrected chi connectivity index (χ2v) is 7.56. The number of nitrogens with zero attached hydrogens (tertiary/aromatic N) is 1. The predicted molar refractivity (Wildman–Crippen MR) is 81.3 cm³/mol. The lowest BCUT2D eigenvalue weighted by Gasteiger charge is -2.37. The molecule has 4 heteroatoms. The van der Waals surface area contributed by atoms with Crippen LogP contribution in [0.1, 0.15) is 6.42 Å². The van der Waals surface area contributed by atoms with Gasteiger partial charge in [0.1, 0.15) is 0 Å². The maximum absolute atomic E-state index is 12.8. The van der Waals surface area contributed by atoms with E-state index < -0.39 is 0 Å². The topological polar surface area (TPSA) is 37.4 Å². The average molecular weight is 344 g/mol. The number of benzene rings is 1. The van der Waals surface area contributed by atoms with Crippen LogP contribution in [0.2, 0.25) is 0 Å². The van der Waals surface area contributed by atoms with Crippen molar-refractivity contribution in [2.24, 2.45) is 35.5 Å². The number of carbonyl (C=O) groups excluding carboxylic acids is 2. The van der Waals surface area contributed by atoms with E-state index in [9.17, 15) is 9.59 Å². The van der Waals surface area contributed by atoms with Crippen molar-refractivity contribution in [3.8, 4) is 0 Å². The Morgan fingerprint density at radius 3 is 1.95 bits per heavy atom. The molecule has 2 amide bonds. The smallest absolute Gasteiger partial charge is 0.238 e. The third-order valence-electron chi connectivity index (χ3n) is 5.75. The maximum atomic E-state index is 12.8. The van der Waals surface area contributed by atoms with Gasteiger partial charge < -0.3 is 0 Å². The molecule has 4 aliphatic carbocycles. The fourth-order valence-electron chi connectivity index (χ4n) is 4.80. The summed E-state index contributed by atoms with van der Waals surface area (Å²) in [4.78, 5) is 27.1. The number of hydrogen-bond donors (Lipinski definition) is 0. The first kappa shape index (κ1) is 12.2. The summed E-state index contributed by atoms with van der Waals surface area (Å²) in [5.74, 6) is 1.70. The fraction of sp³-hybridized carbons (Fsp3) is 0.412. The van der Waals surface area contributed by atoms with E-state index >= 15 is 0 Å². The average Bonchev–Trinajstić information content (AvgIpc) is 3.26. The Labute approximate surface area is 131 Å². The Kier molecular flexibility index (Phi) is 2.23. The first-order chi connectivity index (χ1) is 10.2. The standard InChI is InChI=1S/C17H14BrNO2/c18-8-1-3-9(4-2-8)19-16(20)14-10-5-6-11(13-7-12(10)13)15(14)17(19)21/h1-6,10-15H,7H2/t10-,11-,12-,13-,14-,15+/m0/s1. The fourth-order valence-corrected chi connectivity index (χ4v) is 5.07. The lowest BCUT2D eigenvalue weighted by molar-refractivity contribution is -0.124. The number of anilines is 1. The minimum atomic E-state index is -0.111. The number of imide groups is 1. The van der Waals surface area contributed by atoms with Crippen molar-refractivity contribution in [3.05, 3.63) is 40.9 Å². The van der Waals surface area contributed by atoms with Gasteiger partial charge in [0.25, 0.3) is 0 Å². The Bertz CT molecular complexity index is 659. The molecule has 1 aliphatic heterocycles. The van der Waals surface area contributed by atoms with Crippen LogP contribution in [-0.4, -0.2) is 11.8 Å². The third-order valence-corrected chi connectivity index (χ3v) is 6.28. The molecule has 0 unspecified atom stereocenters. The van der Waals surface area contributed by atoms with Crippen LogP contribution < -0.4 is 4.90 Å². The molecule has 3 fully saturated rings. The first-order valence-corrected chi connectivity index (χ1v) is 8.28. The van der Waals surface area contributed by atoms with Crippen LogP contribution in [-0.2, 0) is 9.59 Å². The summed E-state index contributed by atoms with van der Waals surface area (Å²) < 4.78 is 0.950. The van der Waals surface area contributed by atoms with Crippen molar-refractivity contribution in [2.45, 2.75) is 6.42 Å². The third kappa shape index (κ3) is 1.44. The number of hydrogen-bond acceptors (Lipinski definition) is 2. The number of rotatable bonds is 1. The van der Waals surface area contributed by atoms with E-state index in [-0.39, 0.29) is 23.7 Å². The van der Waals surface area contributed by atoms with E-state index in [0.717, 1.165) is 4.47 Å². The summed E-state index contributed by atoms with van der Waals surface area (Å²) in [7, 11) is 0. The summed E-state index contributed by atoms with van der Waals surface area (Å²) in [5.41, 5.74) is 0.704. The van der Waals surface area contributed by atoms with Crippen molar-refractivity contribution in [3.63, 3.8) is 0 Å². The molecule has 1 heterocycles. The van der Waals surface area contributed by atoms with E-state index in [1.54, 1.807) is 0 Å². The molecule has 2 bridgehead atoms. The Morgan fingerprint density at radius 2 is 1.43 bits per heavy atom. The number of amides is 2. The number of carbonyl (C=O) groups is 2. The molecular weight excluding hydrogens is 330 g/mol. The quantitative estimate of drug-likeness (QED) is 0.580. The highest BCUT2D eigenvalue weighted by molar-refractivity contribution is 9.10. The van der Waals surface area contributed by atoms with E-state index in [4.69, 9.17) is 0 Å². The van der Waals surface area contributed by atoms with Gasteiger partial charge >= 0.3 is 0 Å². The summed E-state index contributed by atoms with van der Waals surface area (Å²) >= 11 is 3.39. The van der Waals surface area contributed by atoms with Gasteiger partial charge in [-0.05, 0) is 54.4 Å². The SMILES string of the molecule is O=C1[C@@H]2[C@H]3C=C[C@@H]([C@@H]4C[C@@H]34)[C@@H]2C(=O)N1c1ccc(Br)cc1. The molecule has 5 aliphatic rings. The van der Waals surface area contributed by atoms with Gasteiger partial charge in [0.2, 0.25) is 11.8 Å². The van der Waals surface area contributed by atoms with Gasteiger partial charge in [-0.1, -0.05) is 28.1 Å². The van der Waals surface area contributed by atoms with Gasteiger partial charge in [-0.25, -0.2) is 0 Å². The zero-order valence-electron chi connectivity index (χ0n) is 11.3. The van der Waals surface area contributed by atoms with Crippen LogP contribution in [0.5, 0.6) is 0 Å². The van der Waals surface area contributed by atoms with Crippen molar-refractivity contribution in [1.82, 2.24) is 0 Å². The van der Waals surface area contributed by atoms with Gasteiger partial charge in [0.05, 0.1) is 17.5 Å². The predicted octanol–water partition coefficient (Wildman–Crippen LogP) is 3.01. The van der Waals surface area contributed by atoms with Crippen LogP contribution in [0, 0.1) is 35.5 Å². The Balaban J connectivity index is 1.58. The first-order valence-electron chi connectivity index (χ1n) is 7.48. The molecule has 1 saturated heterocycles. The summed E-state index contributed by atoms with van der Waals surface area (Å²) in [6.07, 6.45) is 5.61. The van der Waals surface area contributed by atoms with Crippen LogP contribution in [0.4, 0.5) is 5.69 Å². The number of halogens is 1. The summed E-state index contributed by atoms with van der Waals surface area (Å²) in [6.45, 7) is 0. The van der Waals surface area contributed by atoms with E-state index in [1.807, 2.05) is 24.3 Å². The highest BCUT2D eigenvalue weighted by atomic mass is 79.9. The van der Waals surface area contributed by atoms with Crippen LogP contribution >= 0.6 is 15.9 Å². The second kappa shape index (κ2) is 3.86. The molecule has 0 radical (unpaired) electrons. The van der Waals surface area contributed by atoms with Crippen molar-refractivity contribution < 1.29 is 9.59 Å². The van der Waals surface area contributed by atoms with Gasteiger partial charge in [-0.3, -0.25) is 14.5 Å². The molecule has 0 aromatic heterocycles. The zero-order valence-corrected chi connectivity index (χ0v) is 12.9. The van der Waals surface area contributed by atoms with Crippen LogP contribution in [0.25, 0.3) is 0 Å². The normalized spacial score (nSPS) is 42.2. The van der Waals surface area contributed by atoms with Crippen LogP contribution in [0.3, 0.4) is 0 Å². The zero-order chi connectivity index (χ0) is 14.3. The highest BCUT2D eigenvalue weighted by Crippen LogP contribution is 2.65. The monoisotopic (exact) mass is 343 g/mol. The molecule has 106 valence electrons. The second-order valence-electron chi connectivity index (χ2n) is 6.64. The summed E-state index contributed by atoms with van der Waals surface area (Å²) in [6, 6.07) is 7.44. The molecule has 2 saturated carbocycles. The van der Waals surface area contributed by atoms with E-state index in [2.05, 4.69) is 28.1 Å². The number of allylic oxidation sites excluding steroid dienone is 2. The summed E-state index contributed by atoms with van der Waals surface area (Å²) in [5, 5.41) is 0. The molecular formula is C17H14BrNO2. The molecule has 21 heavy (non-hydrogen) atoms. The van der Waals surface area contributed by atoms with E-state index in [1.165, 1.54) is 11.3 Å². The van der Waals surface area contributed by atoms with Gasteiger partial charge in [0.15, 0.2) is 0 Å². The van der Waals surface area contributed by atoms with E-state index in [0.29, 0.717) is 29.4 Å². The van der Waals surface area contributed by atoms with Crippen molar-refractivity contribution in [1.29, 1.82) is 0 Å². The Morgan fingerprint density at radius 1 is 0.905 bits per heavy atom. The molecule has 3 nitrogen and oxygen atoms in total. The molecule has 0 N–H and O–H groups in total. The molecule has 6 rings (SSSR count). The minimum absolute atomic E-state index is 0.0111. The van der Waals surface area contributed by atoms with Crippen LogP contribution in [0.15, 0.2) is 40.9 Å². The molecule has 6 atom stereocenters. The molecule has 0 spiro atoms. The molecule has 1 aromatic carbocycles. The minimum Gasteiger partial charge on any atom is -0.274 e. The Hall–Kier alpha value is -1.42. The molecule has 1 aromatic rings. The van der Waals surface area contributed by atoms with Gasteiger partial charge in [-0.2, -0.15) is 0 Å². The van der Waals surface area contributed by atoms with Crippen molar-refractivity contribution in [2.75, 3.05) is 4.90 Å².